The summed E-state index contributed by atoms with van der Waals surface area (Å²) in [5.41, 5.74) is 5.38. The van der Waals surface area contributed by atoms with E-state index in [1.54, 1.807) is 0 Å². The topological polar surface area (TPSA) is 115 Å². The van der Waals surface area contributed by atoms with E-state index in [1.807, 2.05) is 6.92 Å². The van der Waals surface area contributed by atoms with Crippen LogP contribution in [0, 0.1) is 5.92 Å². The third-order valence-electron chi connectivity index (χ3n) is 2.05. The lowest BCUT2D eigenvalue weighted by Crippen LogP contribution is -2.35. The molecule has 1 unspecified atom stereocenters. The van der Waals surface area contributed by atoms with Crippen molar-refractivity contribution >= 4 is 15.9 Å². The molecule has 1 amide bonds. The van der Waals surface area contributed by atoms with Gasteiger partial charge in [0.15, 0.2) is 0 Å². The maximum Gasteiger partial charge on any atom is 0.224 e. The summed E-state index contributed by atoms with van der Waals surface area (Å²) in [5.74, 6) is -0.443. The molecule has 6 nitrogen and oxygen atoms in total. The van der Waals surface area contributed by atoms with E-state index in [-0.39, 0.29) is 17.6 Å². The van der Waals surface area contributed by atoms with Crippen LogP contribution in [0.1, 0.15) is 19.8 Å². The molecule has 0 aromatic carbocycles. The van der Waals surface area contributed by atoms with E-state index in [4.69, 9.17) is 10.9 Å². The summed E-state index contributed by atoms with van der Waals surface area (Å²) in [5, 5.41) is 7.42. The van der Waals surface area contributed by atoms with Gasteiger partial charge in [0, 0.05) is 19.0 Å². The number of carbonyl (C=O) groups excluding carboxylic acids is 1. The number of carbonyl (C=O) groups is 1. The minimum absolute atomic E-state index is 0.118. The summed E-state index contributed by atoms with van der Waals surface area (Å²) >= 11 is 0. The normalized spacial score (nSPS) is 13.5. The van der Waals surface area contributed by atoms with Gasteiger partial charge in [-0.25, -0.2) is 13.6 Å². The molecule has 0 fully saturated rings. The van der Waals surface area contributed by atoms with Gasteiger partial charge in [-0.2, -0.15) is 0 Å². The molecule has 0 saturated carbocycles. The van der Waals surface area contributed by atoms with Crippen LogP contribution in [0.25, 0.3) is 0 Å². The Morgan fingerprint density at radius 1 is 1.47 bits per heavy atom. The fraction of sp³-hybridized carbons (Fsp3) is 0.875. The van der Waals surface area contributed by atoms with Gasteiger partial charge < -0.3 is 11.1 Å². The van der Waals surface area contributed by atoms with Crippen molar-refractivity contribution in [1.82, 2.24) is 5.32 Å². The molecule has 0 spiro atoms. The number of sulfonamides is 1. The van der Waals surface area contributed by atoms with Gasteiger partial charge >= 0.3 is 0 Å². The van der Waals surface area contributed by atoms with Gasteiger partial charge in [-0.05, 0) is 12.8 Å². The SMILES string of the molecule is CCC(CN)C(=O)NCCCS(N)(=O)=O. The molecule has 0 aliphatic rings. The summed E-state index contributed by atoms with van der Waals surface area (Å²) in [6.45, 7) is 2.49. The Kier molecular flexibility index (Phi) is 6.46. The first-order chi connectivity index (χ1) is 6.90. The Hall–Kier alpha value is -0.660. The molecule has 0 heterocycles. The first kappa shape index (κ1) is 14.3. The van der Waals surface area contributed by atoms with Crippen molar-refractivity contribution < 1.29 is 13.2 Å². The van der Waals surface area contributed by atoms with Crippen LogP contribution >= 0.6 is 0 Å². The van der Waals surface area contributed by atoms with Crippen LogP contribution in [0.2, 0.25) is 0 Å². The number of primary sulfonamides is 1. The molecule has 0 aromatic rings. The Labute approximate surface area is 90.4 Å². The Morgan fingerprint density at radius 2 is 2.07 bits per heavy atom. The summed E-state index contributed by atoms with van der Waals surface area (Å²) in [6, 6.07) is 0. The minimum Gasteiger partial charge on any atom is -0.356 e. The van der Waals surface area contributed by atoms with Gasteiger partial charge in [-0.15, -0.1) is 0 Å². The second-order valence-corrected chi connectivity index (χ2v) is 5.09. The lowest BCUT2D eigenvalue weighted by molar-refractivity contribution is -0.124. The molecule has 0 aromatic heterocycles. The van der Waals surface area contributed by atoms with Crippen molar-refractivity contribution in [3.05, 3.63) is 0 Å². The van der Waals surface area contributed by atoms with Gasteiger partial charge in [0.05, 0.1) is 5.75 Å². The van der Waals surface area contributed by atoms with Crippen molar-refractivity contribution in [3.63, 3.8) is 0 Å². The van der Waals surface area contributed by atoms with Crippen LogP contribution in [0.5, 0.6) is 0 Å². The third-order valence-corrected chi connectivity index (χ3v) is 2.91. The lowest BCUT2D eigenvalue weighted by atomic mass is 10.1. The Morgan fingerprint density at radius 3 is 2.47 bits per heavy atom. The number of nitrogens with one attached hydrogen (secondary N) is 1. The zero-order chi connectivity index (χ0) is 11.9. The molecule has 0 rings (SSSR count). The average Bonchev–Trinajstić information content (AvgIpc) is 2.13. The standard InChI is InChI=1S/C8H19N3O3S/c1-2-7(6-9)8(12)11-4-3-5-15(10,13)14/h7H,2-6,9H2,1H3,(H,11,12)(H2,10,13,14). The van der Waals surface area contributed by atoms with Crippen molar-refractivity contribution in [2.24, 2.45) is 16.8 Å². The second-order valence-electron chi connectivity index (χ2n) is 3.35. The highest BCUT2D eigenvalue weighted by Crippen LogP contribution is 1.99. The molecular weight excluding hydrogens is 218 g/mol. The van der Waals surface area contributed by atoms with Gasteiger partial charge in [-0.1, -0.05) is 6.92 Å². The van der Waals surface area contributed by atoms with E-state index in [0.717, 1.165) is 0 Å². The molecule has 0 aliphatic heterocycles. The largest absolute Gasteiger partial charge is 0.356 e. The fourth-order valence-electron chi connectivity index (χ4n) is 1.09. The first-order valence-electron chi connectivity index (χ1n) is 4.89. The van der Waals surface area contributed by atoms with Crippen LogP contribution < -0.4 is 16.2 Å². The number of hydrogen-bond acceptors (Lipinski definition) is 4. The summed E-state index contributed by atoms with van der Waals surface area (Å²) in [4.78, 5) is 11.4. The smallest absolute Gasteiger partial charge is 0.224 e. The first-order valence-corrected chi connectivity index (χ1v) is 6.60. The molecule has 5 N–H and O–H groups in total. The zero-order valence-corrected chi connectivity index (χ0v) is 9.72. The van der Waals surface area contributed by atoms with E-state index >= 15 is 0 Å². The monoisotopic (exact) mass is 237 g/mol. The molecule has 0 radical (unpaired) electrons. The van der Waals surface area contributed by atoms with Crippen LogP contribution in [0.3, 0.4) is 0 Å². The number of nitrogens with two attached hydrogens (primary N) is 2. The maximum absolute atomic E-state index is 11.4. The Bertz CT molecular complexity index is 286. The number of hydrogen-bond donors (Lipinski definition) is 3. The summed E-state index contributed by atoms with van der Waals surface area (Å²) in [6.07, 6.45) is 1.00. The number of rotatable bonds is 7. The quantitative estimate of drug-likeness (QED) is 0.481. The number of amides is 1. The highest BCUT2D eigenvalue weighted by molar-refractivity contribution is 7.89. The van der Waals surface area contributed by atoms with E-state index in [0.29, 0.717) is 25.9 Å². The van der Waals surface area contributed by atoms with E-state index < -0.39 is 10.0 Å². The van der Waals surface area contributed by atoms with Crippen molar-refractivity contribution in [2.45, 2.75) is 19.8 Å². The summed E-state index contributed by atoms with van der Waals surface area (Å²) < 4.78 is 21.1. The second kappa shape index (κ2) is 6.76. The van der Waals surface area contributed by atoms with Crippen LogP contribution in [0.4, 0.5) is 0 Å². The molecule has 0 saturated heterocycles. The van der Waals surface area contributed by atoms with Crippen molar-refractivity contribution in [2.75, 3.05) is 18.8 Å². The van der Waals surface area contributed by atoms with E-state index in [1.165, 1.54) is 0 Å². The molecule has 90 valence electrons. The third kappa shape index (κ3) is 7.29. The average molecular weight is 237 g/mol. The van der Waals surface area contributed by atoms with Gasteiger partial charge in [0.1, 0.15) is 0 Å². The van der Waals surface area contributed by atoms with Gasteiger partial charge in [-0.3, -0.25) is 4.79 Å². The van der Waals surface area contributed by atoms with Gasteiger partial charge in [0.2, 0.25) is 15.9 Å². The molecule has 0 aliphatic carbocycles. The van der Waals surface area contributed by atoms with Crippen LogP contribution in [0.15, 0.2) is 0 Å². The predicted molar refractivity (Wildman–Crippen MR) is 58.4 cm³/mol. The van der Waals surface area contributed by atoms with Gasteiger partial charge in [0.25, 0.3) is 0 Å². The predicted octanol–water partition coefficient (Wildman–Crippen LogP) is -1.23. The zero-order valence-electron chi connectivity index (χ0n) is 8.90. The fourth-order valence-corrected chi connectivity index (χ4v) is 1.64. The highest BCUT2D eigenvalue weighted by atomic mass is 32.2. The van der Waals surface area contributed by atoms with Crippen molar-refractivity contribution in [3.8, 4) is 0 Å². The molecule has 15 heavy (non-hydrogen) atoms. The summed E-state index contributed by atoms with van der Waals surface area (Å²) in [7, 11) is -3.43. The molecule has 0 bridgehead atoms. The van der Waals surface area contributed by atoms with Crippen molar-refractivity contribution in [1.29, 1.82) is 0 Å². The van der Waals surface area contributed by atoms with Crippen LogP contribution in [-0.2, 0) is 14.8 Å². The van der Waals surface area contributed by atoms with Crippen LogP contribution in [-0.4, -0.2) is 33.2 Å². The lowest BCUT2D eigenvalue weighted by Gasteiger charge is -2.12. The van der Waals surface area contributed by atoms with E-state index in [9.17, 15) is 13.2 Å². The Balaban J connectivity index is 3.73. The minimum atomic E-state index is -3.43. The maximum atomic E-state index is 11.4. The molecule has 1 atom stereocenters. The highest BCUT2D eigenvalue weighted by Gasteiger charge is 2.13. The van der Waals surface area contributed by atoms with E-state index in [2.05, 4.69) is 5.32 Å². The molecule has 7 heteroatoms. The molecular formula is C8H19N3O3S.